The third-order valence-corrected chi connectivity index (χ3v) is 7.11. The van der Waals surface area contributed by atoms with Gasteiger partial charge in [0, 0.05) is 25.7 Å². The second kappa shape index (κ2) is 8.21. The molecule has 154 valence electrons. The van der Waals surface area contributed by atoms with Gasteiger partial charge in [0.25, 0.3) is 5.91 Å². The normalized spacial score (nSPS) is 24.9. The van der Waals surface area contributed by atoms with Gasteiger partial charge in [-0.15, -0.1) is 0 Å². The summed E-state index contributed by atoms with van der Waals surface area (Å²) < 4.78 is 26.0. The number of carbonyl (C=O) groups is 2. The fourth-order valence-corrected chi connectivity index (χ4v) is 5.56. The fraction of sp³-hybridized carbons (Fsp3) is 0.600. The number of hydrogen-bond acceptors (Lipinski definition) is 5. The molecule has 3 rings (SSSR count). The van der Waals surface area contributed by atoms with Crippen molar-refractivity contribution in [2.24, 2.45) is 5.92 Å². The van der Waals surface area contributed by atoms with Crippen molar-refractivity contribution in [3.05, 3.63) is 35.4 Å². The molecule has 1 N–H and O–H groups in total. The lowest BCUT2D eigenvalue weighted by Gasteiger charge is -2.25. The summed E-state index contributed by atoms with van der Waals surface area (Å²) in [6.07, 6.45) is 0.748. The number of aryl methyl sites for hydroxylation is 1. The second-order valence-corrected chi connectivity index (χ2v) is 10.2. The molecule has 0 bridgehead atoms. The van der Waals surface area contributed by atoms with E-state index >= 15 is 0 Å². The molecule has 7 nitrogen and oxygen atoms in total. The predicted molar refractivity (Wildman–Crippen MR) is 107 cm³/mol. The van der Waals surface area contributed by atoms with Gasteiger partial charge in [0.15, 0.2) is 0 Å². The molecule has 0 aliphatic carbocycles. The van der Waals surface area contributed by atoms with Crippen molar-refractivity contribution in [1.29, 1.82) is 0 Å². The minimum absolute atomic E-state index is 0.0637. The number of nitrogens with one attached hydrogen (secondary N) is 1. The van der Waals surface area contributed by atoms with Crippen LogP contribution in [0, 0.1) is 12.8 Å². The molecule has 1 aromatic carbocycles. The van der Waals surface area contributed by atoms with E-state index in [2.05, 4.69) is 5.32 Å². The summed E-state index contributed by atoms with van der Waals surface area (Å²) in [5.74, 6) is -0.430. The van der Waals surface area contributed by atoms with Crippen LogP contribution in [0.2, 0.25) is 0 Å². The van der Waals surface area contributed by atoms with Gasteiger partial charge in [-0.1, -0.05) is 38.1 Å². The Morgan fingerprint density at radius 1 is 1.29 bits per heavy atom. The molecule has 2 saturated heterocycles. The summed E-state index contributed by atoms with van der Waals surface area (Å²) in [6, 6.07) is 7.14. The molecule has 0 spiro atoms. The highest BCUT2D eigenvalue weighted by molar-refractivity contribution is 7.89. The molecule has 28 heavy (non-hydrogen) atoms. The lowest BCUT2D eigenvalue weighted by atomic mass is 10.1. The van der Waals surface area contributed by atoms with Crippen LogP contribution in [0.4, 0.5) is 0 Å². The number of sulfonamides is 1. The Kier molecular flexibility index (Phi) is 6.09. The van der Waals surface area contributed by atoms with Crippen molar-refractivity contribution in [3.8, 4) is 0 Å². The minimum atomic E-state index is -3.58. The number of hydrogen-bond donors (Lipinski definition) is 1. The van der Waals surface area contributed by atoms with Gasteiger partial charge in [0.1, 0.15) is 0 Å². The first kappa shape index (κ1) is 20.8. The second-order valence-electron chi connectivity index (χ2n) is 8.19. The van der Waals surface area contributed by atoms with E-state index in [0.717, 1.165) is 15.4 Å². The number of amides is 2. The standard InChI is InChI=1S/C20H29N3O4S/c1-14(2)12-23-20(25)18-11-17(13-22(18)8-9-28(23,26)27)21-19(24)10-16-7-5-4-6-15(16)3/h4-7,14,17-18H,8-13H2,1-3H3,(H,21,24)/t17-,18-/m0/s1. The van der Waals surface area contributed by atoms with Crippen molar-refractivity contribution < 1.29 is 18.0 Å². The van der Waals surface area contributed by atoms with Gasteiger partial charge in [-0.05, 0) is 30.4 Å². The number of rotatable bonds is 5. The Morgan fingerprint density at radius 3 is 2.68 bits per heavy atom. The number of nitrogens with zero attached hydrogens (tertiary/aromatic N) is 2. The van der Waals surface area contributed by atoms with Crippen molar-refractivity contribution in [1.82, 2.24) is 14.5 Å². The van der Waals surface area contributed by atoms with Gasteiger partial charge in [-0.3, -0.25) is 14.5 Å². The summed E-state index contributed by atoms with van der Waals surface area (Å²) in [5, 5.41) is 3.03. The first-order valence-electron chi connectivity index (χ1n) is 9.79. The molecule has 1 aromatic rings. The Morgan fingerprint density at radius 2 is 2.00 bits per heavy atom. The SMILES string of the molecule is Cc1ccccc1CC(=O)N[C@H]1C[C@H]2C(=O)N(CC(C)C)S(=O)(=O)CCN2C1. The monoisotopic (exact) mass is 407 g/mol. The number of fused-ring (bicyclic) bond motifs is 1. The van der Waals surface area contributed by atoms with Crippen LogP contribution in [0.5, 0.6) is 0 Å². The molecule has 2 heterocycles. The molecule has 2 fully saturated rings. The summed E-state index contributed by atoms with van der Waals surface area (Å²) >= 11 is 0. The van der Waals surface area contributed by atoms with Crippen LogP contribution in [0.1, 0.15) is 31.4 Å². The van der Waals surface area contributed by atoms with E-state index in [1.807, 2.05) is 49.9 Å². The predicted octanol–water partition coefficient (Wildman–Crippen LogP) is 0.925. The first-order valence-corrected chi connectivity index (χ1v) is 11.4. The van der Waals surface area contributed by atoms with Gasteiger partial charge < -0.3 is 5.32 Å². The zero-order valence-electron chi connectivity index (χ0n) is 16.7. The van der Waals surface area contributed by atoms with Gasteiger partial charge in [0.2, 0.25) is 15.9 Å². The Bertz CT molecular complexity index is 853. The maximum atomic E-state index is 12.9. The molecular formula is C20H29N3O4S. The summed E-state index contributed by atoms with van der Waals surface area (Å²) in [6.45, 7) is 6.79. The van der Waals surface area contributed by atoms with E-state index in [9.17, 15) is 18.0 Å². The van der Waals surface area contributed by atoms with Crippen LogP contribution < -0.4 is 5.32 Å². The Labute approximate surface area is 167 Å². The lowest BCUT2D eigenvalue weighted by Crippen LogP contribution is -2.45. The van der Waals surface area contributed by atoms with E-state index in [4.69, 9.17) is 0 Å². The van der Waals surface area contributed by atoms with Crippen molar-refractivity contribution in [2.45, 2.75) is 45.7 Å². The zero-order valence-corrected chi connectivity index (χ0v) is 17.5. The summed E-state index contributed by atoms with van der Waals surface area (Å²) in [7, 11) is -3.58. The molecule has 2 atom stereocenters. The van der Waals surface area contributed by atoms with E-state index in [1.54, 1.807) is 0 Å². The Hall–Kier alpha value is -1.93. The zero-order chi connectivity index (χ0) is 20.5. The lowest BCUT2D eigenvalue weighted by molar-refractivity contribution is -0.131. The summed E-state index contributed by atoms with van der Waals surface area (Å²) in [5.41, 5.74) is 2.06. The molecule has 0 saturated carbocycles. The minimum Gasteiger partial charge on any atom is -0.352 e. The van der Waals surface area contributed by atoms with Crippen LogP contribution in [0.25, 0.3) is 0 Å². The van der Waals surface area contributed by atoms with E-state index < -0.39 is 16.1 Å². The molecule has 2 aliphatic rings. The molecule has 0 unspecified atom stereocenters. The van der Waals surface area contributed by atoms with Crippen LogP contribution in [-0.2, 0) is 26.0 Å². The van der Waals surface area contributed by atoms with E-state index in [-0.39, 0.29) is 36.1 Å². The smallest absolute Gasteiger partial charge is 0.253 e. The van der Waals surface area contributed by atoms with Crippen LogP contribution in [0.3, 0.4) is 0 Å². The van der Waals surface area contributed by atoms with Gasteiger partial charge in [-0.2, -0.15) is 0 Å². The third kappa shape index (κ3) is 4.55. The number of benzene rings is 1. The van der Waals surface area contributed by atoms with Crippen LogP contribution >= 0.6 is 0 Å². The third-order valence-electron chi connectivity index (χ3n) is 5.41. The van der Waals surface area contributed by atoms with Gasteiger partial charge >= 0.3 is 0 Å². The maximum absolute atomic E-state index is 12.9. The molecule has 2 amide bonds. The average molecular weight is 408 g/mol. The summed E-state index contributed by atoms with van der Waals surface area (Å²) in [4.78, 5) is 27.3. The molecule has 0 radical (unpaired) electrons. The highest BCUT2D eigenvalue weighted by atomic mass is 32.2. The van der Waals surface area contributed by atoms with Crippen LogP contribution in [0.15, 0.2) is 24.3 Å². The maximum Gasteiger partial charge on any atom is 0.253 e. The quantitative estimate of drug-likeness (QED) is 0.785. The van der Waals surface area contributed by atoms with Crippen molar-refractivity contribution in [2.75, 3.05) is 25.4 Å². The van der Waals surface area contributed by atoms with E-state index in [0.29, 0.717) is 25.9 Å². The molecular weight excluding hydrogens is 378 g/mol. The highest BCUT2D eigenvalue weighted by Crippen LogP contribution is 2.25. The van der Waals surface area contributed by atoms with E-state index in [1.165, 1.54) is 0 Å². The largest absolute Gasteiger partial charge is 0.352 e. The van der Waals surface area contributed by atoms with Crippen molar-refractivity contribution in [3.63, 3.8) is 0 Å². The molecule has 8 heteroatoms. The average Bonchev–Trinajstić information content (AvgIpc) is 2.98. The topological polar surface area (TPSA) is 86.8 Å². The molecule has 2 aliphatic heterocycles. The van der Waals surface area contributed by atoms with Gasteiger partial charge in [0.05, 0.1) is 18.2 Å². The molecule has 0 aromatic heterocycles. The number of carbonyl (C=O) groups excluding carboxylic acids is 2. The Balaban J connectivity index is 1.66. The highest BCUT2D eigenvalue weighted by Gasteiger charge is 2.45. The fourth-order valence-electron chi connectivity index (χ4n) is 3.95. The van der Waals surface area contributed by atoms with Gasteiger partial charge in [-0.25, -0.2) is 12.7 Å². The van der Waals surface area contributed by atoms with Crippen LogP contribution in [-0.4, -0.2) is 66.9 Å². The first-order chi connectivity index (χ1) is 13.2. The van der Waals surface area contributed by atoms with Crippen molar-refractivity contribution >= 4 is 21.8 Å².